The summed E-state index contributed by atoms with van der Waals surface area (Å²) in [5.41, 5.74) is 2.01. The molecule has 0 saturated heterocycles. The summed E-state index contributed by atoms with van der Waals surface area (Å²) in [6.07, 6.45) is 0. The Morgan fingerprint density at radius 2 is 1.80 bits per heavy atom. The summed E-state index contributed by atoms with van der Waals surface area (Å²) < 4.78 is 5.46. The SMILES string of the molecule is CCOc1cccc(NCCNc2ccccc2Cl)c1. The minimum absolute atomic E-state index is 0.678. The third-order valence-electron chi connectivity index (χ3n) is 2.79. The third-order valence-corrected chi connectivity index (χ3v) is 3.12. The standard InChI is InChI=1S/C16H19ClN2O/c1-2-20-14-7-5-6-13(12-14)18-10-11-19-16-9-4-3-8-15(16)17/h3-9,12,18-19H,2,10-11H2,1H3. The van der Waals surface area contributed by atoms with E-state index in [2.05, 4.69) is 10.6 Å². The molecule has 0 aliphatic carbocycles. The van der Waals surface area contributed by atoms with E-state index < -0.39 is 0 Å². The zero-order valence-corrected chi connectivity index (χ0v) is 12.3. The Balaban J connectivity index is 1.78. The van der Waals surface area contributed by atoms with Crippen LogP contribution in [0.2, 0.25) is 5.02 Å². The van der Waals surface area contributed by atoms with Crippen molar-refractivity contribution in [1.82, 2.24) is 0 Å². The van der Waals surface area contributed by atoms with Gasteiger partial charge in [0, 0.05) is 24.8 Å². The van der Waals surface area contributed by atoms with Crippen molar-refractivity contribution in [2.75, 3.05) is 30.3 Å². The van der Waals surface area contributed by atoms with E-state index in [0.29, 0.717) is 6.61 Å². The zero-order chi connectivity index (χ0) is 14.2. The highest BCUT2D eigenvalue weighted by molar-refractivity contribution is 6.33. The molecular weight excluding hydrogens is 272 g/mol. The molecule has 106 valence electrons. The number of hydrogen-bond acceptors (Lipinski definition) is 3. The van der Waals surface area contributed by atoms with Gasteiger partial charge in [0.1, 0.15) is 5.75 Å². The number of benzene rings is 2. The van der Waals surface area contributed by atoms with Gasteiger partial charge in [0.2, 0.25) is 0 Å². The van der Waals surface area contributed by atoms with Gasteiger partial charge in [-0.2, -0.15) is 0 Å². The van der Waals surface area contributed by atoms with Crippen LogP contribution >= 0.6 is 11.6 Å². The van der Waals surface area contributed by atoms with Crippen LogP contribution in [0.5, 0.6) is 5.75 Å². The van der Waals surface area contributed by atoms with E-state index in [1.54, 1.807) is 0 Å². The molecule has 0 amide bonds. The van der Waals surface area contributed by atoms with Crippen LogP contribution in [0.25, 0.3) is 0 Å². The minimum Gasteiger partial charge on any atom is -0.494 e. The summed E-state index contributed by atoms with van der Waals surface area (Å²) in [7, 11) is 0. The Kier molecular flexibility index (Phi) is 5.56. The van der Waals surface area contributed by atoms with E-state index in [1.165, 1.54) is 0 Å². The molecule has 2 rings (SSSR count). The molecule has 0 unspecified atom stereocenters. The van der Waals surface area contributed by atoms with Crippen molar-refractivity contribution < 1.29 is 4.74 Å². The summed E-state index contributed by atoms with van der Waals surface area (Å²) in [6.45, 7) is 4.26. The van der Waals surface area contributed by atoms with E-state index in [1.807, 2.05) is 55.5 Å². The molecule has 0 aliphatic rings. The average molecular weight is 291 g/mol. The largest absolute Gasteiger partial charge is 0.494 e. The van der Waals surface area contributed by atoms with Crippen molar-refractivity contribution in [3.8, 4) is 5.75 Å². The molecule has 0 atom stereocenters. The molecule has 0 radical (unpaired) electrons. The molecule has 0 saturated carbocycles. The molecule has 2 aromatic carbocycles. The second kappa shape index (κ2) is 7.65. The van der Waals surface area contributed by atoms with Gasteiger partial charge in [0.05, 0.1) is 17.3 Å². The molecule has 2 N–H and O–H groups in total. The number of halogens is 1. The summed E-state index contributed by atoms with van der Waals surface area (Å²) >= 11 is 6.08. The number of rotatable bonds is 7. The van der Waals surface area contributed by atoms with E-state index in [0.717, 1.165) is 35.2 Å². The van der Waals surface area contributed by atoms with E-state index in [4.69, 9.17) is 16.3 Å². The maximum atomic E-state index is 6.08. The van der Waals surface area contributed by atoms with Gasteiger partial charge in [-0.15, -0.1) is 0 Å². The number of hydrogen-bond donors (Lipinski definition) is 2. The van der Waals surface area contributed by atoms with E-state index >= 15 is 0 Å². The van der Waals surface area contributed by atoms with Gasteiger partial charge in [0.25, 0.3) is 0 Å². The normalized spacial score (nSPS) is 10.1. The van der Waals surface area contributed by atoms with Crippen LogP contribution in [0.15, 0.2) is 48.5 Å². The summed E-state index contributed by atoms with van der Waals surface area (Å²) in [5, 5.41) is 7.39. The Labute approximate surface area is 124 Å². The second-order valence-corrected chi connectivity index (χ2v) is 4.70. The number of para-hydroxylation sites is 1. The Hall–Kier alpha value is -1.87. The van der Waals surface area contributed by atoms with Crippen molar-refractivity contribution in [3.63, 3.8) is 0 Å². The fourth-order valence-electron chi connectivity index (χ4n) is 1.87. The predicted molar refractivity (Wildman–Crippen MR) is 86.0 cm³/mol. The molecular formula is C16H19ClN2O. The van der Waals surface area contributed by atoms with Crippen molar-refractivity contribution in [3.05, 3.63) is 53.6 Å². The number of ether oxygens (including phenoxy) is 1. The van der Waals surface area contributed by atoms with Crippen molar-refractivity contribution in [2.24, 2.45) is 0 Å². The Bertz CT molecular complexity index is 546. The van der Waals surface area contributed by atoms with Crippen LogP contribution in [0, 0.1) is 0 Å². The smallest absolute Gasteiger partial charge is 0.121 e. The lowest BCUT2D eigenvalue weighted by molar-refractivity contribution is 0.340. The van der Waals surface area contributed by atoms with Crippen LogP contribution in [0.1, 0.15) is 6.92 Å². The molecule has 2 aromatic rings. The van der Waals surface area contributed by atoms with Gasteiger partial charge in [0.15, 0.2) is 0 Å². The summed E-state index contributed by atoms with van der Waals surface area (Å²) in [6, 6.07) is 15.7. The molecule has 0 bridgehead atoms. The van der Waals surface area contributed by atoms with Crippen LogP contribution in [-0.2, 0) is 0 Å². The first kappa shape index (κ1) is 14.5. The lowest BCUT2D eigenvalue weighted by atomic mass is 10.3. The zero-order valence-electron chi connectivity index (χ0n) is 11.5. The van der Waals surface area contributed by atoms with Gasteiger partial charge in [-0.3, -0.25) is 0 Å². The fraction of sp³-hybridized carbons (Fsp3) is 0.250. The van der Waals surface area contributed by atoms with Crippen LogP contribution < -0.4 is 15.4 Å². The maximum Gasteiger partial charge on any atom is 0.121 e. The highest BCUT2D eigenvalue weighted by Gasteiger charge is 1.98. The quantitative estimate of drug-likeness (QED) is 0.748. The third kappa shape index (κ3) is 4.35. The molecule has 0 spiro atoms. The highest BCUT2D eigenvalue weighted by Crippen LogP contribution is 2.20. The number of nitrogens with one attached hydrogen (secondary N) is 2. The van der Waals surface area contributed by atoms with Crippen LogP contribution in [0.4, 0.5) is 11.4 Å². The molecule has 3 nitrogen and oxygen atoms in total. The first-order valence-corrected chi connectivity index (χ1v) is 7.12. The summed E-state index contributed by atoms with van der Waals surface area (Å²) in [5.74, 6) is 0.886. The predicted octanol–water partition coefficient (Wildman–Crippen LogP) is 4.26. The molecule has 4 heteroatoms. The van der Waals surface area contributed by atoms with E-state index in [-0.39, 0.29) is 0 Å². The first-order chi connectivity index (χ1) is 9.79. The van der Waals surface area contributed by atoms with E-state index in [9.17, 15) is 0 Å². The molecule has 0 aromatic heterocycles. The molecule has 20 heavy (non-hydrogen) atoms. The monoisotopic (exact) mass is 290 g/mol. The second-order valence-electron chi connectivity index (χ2n) is 4.29. The summed E-state index contributed by atoms with van der Waals surface area (Å²) in [4.78, 5) is 0. The van der Waals surface area contributed by atoms with Crippen molar-refractivity contribution in [2.45, 2.75) is 6.92 Å². The minimum atomic E-state index is 0.678. The lowest BCUT2D eigenvalue weighted by Gasteiger charge is -2.11. The molecule has 0 fully saturated rings. The van der Waals surface area contributed by atoms with Crippen LogP contribution in [-0.4, -0.2) is 19.7 Å². The van der Waals surface area contributed by atoms with Crippen LogP contribution in [0.3, 0.4) is 0 Å². The van der Waals surface area contributed by atoms with Crippen molar-refractivity contribution >= 4 is 23.0 Å². The van der Waals surface area contributed by atoms with Gasteiger partial charge in [-0.25, -0.2) is 0 Å². The van der Waals surface area contributed by atoms with Crippen molar-refractivity contribution in [1.29, 1.82) is 0 Å². The Morgan fingerprint density at radius 3 is 2.60 bits per heavy atom. The first-order valence-electron chi connectivity index (χ1n) is 6.74. The van der Waals surface area contributed by atoms with Gasteiger partial charge in [-0.1, -0.05) is 29.8 Å². The fourth-order valence-corrected chi connectivity index (χ4v) is 2.07. The number of anilines is 2. The lowest BCUT2D eigenvalue weighted by Crippen LogP contribution is -2.13. The topological polar surface area (TPSA) is 33.3 Å². The highest BCUT2D eigenvalue weighted by atomic mass is 35.5. The molecule has 0 heterocycles. The average Bonchev–Trinajstić information content (AvgIpc) is 2.46. The van der Waals surface area contributed by atoms with Gasteiger partial charge in [-0.05, 0) is 31.2 Å². The van der Waals surface area contributed by atoms with Gasteiger partial charge >= 0.3 is 0 Å². The maximum absolute atomic E-state index is 6.08. The Morgan fingerprint density at radius 1 is 1.00 bits per heavy atom. The van der Waals surface area contributed by atoms with Gasteiger partial charge < -0.3 is 15.4 Å². The molecule has 0 aliphatic heterocycles.